The van der Waals surface area contributed by atoms with Crippen LogP contribution in [0.3, 0.4) is 0 Å². The van der Waals surface area contributed by atoms with Crippen molar-refractivity contribution in [1.82, 2.24) is 5.32 Å². The molecule has 0 radical (unpaired) electrons. The second-order valence-corrected chi connectivity index (χ2v) is 8.21. The number of esters is 2. The average Bonchev–Trinajstić information content (AvgIpc) is 2.73. The molecule has 1 amide bonds. The van der Waals surface area contributed by atoms with Gasteiger partial charge >= 0.3 is 47.6 Å². The number of halogens is 1. The molecule has 1 aromatic rings. The van der Waals surface area contributed by atoms with E-state index < -0.39 is 24.4 Å². The fourth-order valence-corrected chi connectivity index (χ4v) is 3.27. The number of rotatable bonds is 8. The van der Waals surface area contributed by atoms with Crippen LogP contribution in [-0.4, -0.2) is 59.9 Å². The number of nitrogens with one attached hydrogen (secondary N) is 1. The average molecular weight is 464 g/mol. The Labute approximate surface area is 210 Å². The van der Waals surface area contributed by atoms with E-state index in [-0.39, 0.29) is 47.4 Å². The number of ether oxygens (including phenoxy) is 3. The van der Waals surface area contributed by atoms with Crippen molar-refractivity contribution in [3.63, 3.8) is 0 Å². The number of carbonyl (C=O) groups excluding carboxylic acids is 3. The van der Waals surface area contributed by atoms with E-state index in [1.165, 1.54) is 0 Å². The predicted molar refractivity (Wildman–Crippen MR) is 119 cm³/mol. The molecule has 1 aromatic carbocycles. The van der Waals surface area contributed by atoms with E-state index in [9.17, 15) is 14.4 Å². The summed E-state index contributed by atoms with van der Waals surface area (Å²) in [6.07, 6.45) is 3.16. The van der Waals surface area contributed by atoms with Crippen molar-refractivity contribution in [1.29, 1.82) is 0 Å². The van der Waals surface area contributed by atoms with Crippen molar-refractivity contribution in [2.45, 2.75) is 71.6 Å². The van der Waals surface area contributed by atoms with Gasteiger partial charge in [-0.3, -0.25) is 4.79 Å². The summed E-state index contributed by atoms with van der Waals surface area (Å²) in [4.78, 5) is 37.1. The first-order chi connectivity index (χ1) is 14.3. The molecule has 1 N–H and O–H groups in total. The molecular weight excluding hydrogens is 433 g/mol. The zero-order chi connectivity index (χ0) is 22.1. The Kier molecular flexibility index (Phi) is 12.5. The fourth-order valence-electron chi connectivity index (χ4n) is 3.14. The van der Waals surface area contributed by atoms with E-state index in [0.717, 1.165) is 32.1 Å². The van der Waals surface area contributed by atoms with E-state index in [1.807, 2.05) is 0 Å². The molecule has 1 fully saturated rings. The second-order valence-electron chi connectivity index (χ2n) is 7.77. The van der Waals surface area contributed by atoms with Gasteiger partial charge in [0, 0.05) is 10.9 Å². The van der Waals surface area contributed by atoms with Crippen LogP contribution in [0.2, 0.25) is 5.02 Å². The monoisotopic (exact) mass is 463 g/mol. The molecule has 0 spiro atoms. The van der Waals surface area contributed by atoms with E-state index >= 15 is 0 Å². The van der Waals surface area contributed by atoms with Crippen LogP contribution in [0.5, 0.6) is 5.75 Å². The third-order valence-electron chi connectivity index (χ3n) is 4.96. The zero-order valence-corrected chi connectivity index (χ0v) is 18.4. The van der Waals surface area contributed by atoms with Gasteiger partial charge in [-0.2, -0.15) is 0 Å². The minimum atomic E-state index is -1.02. The Hall–Kier alpha value is -1.28. The molecule has 31 heavy (non-hydrogen) atoms. The van der Waals surface area contributed by atoms with Gasteiger partial charge in [0.2, 0.25) is 0 Å². The molecule has 1 aliphatic rings. The summed E-state index contributed by atoms with van der Waals surface area (Å²) in [6, 6.07) is 5.41. The van der Waals surface area contributed by atoms with Gasteiger partial charge in [-0.05, 0) is 43.5 Å². The molecule has 0 bridgehead atoms. The summed E-state index contributed by atoms with van der Waals surface area (Å²) < 4.78 is 16.0. The van der Waals surface area contributed by atoms with Crippen LogP contribution in [0.15, 0.2) is 24.3 Å². The zero-order valence-electron chi connectivity index (χ0n) is 17.7. The third kappa shape index (κ3) is 9.39. The van der Waals surface area contributed by atoms with E-state index in [4.69, 9.17) is 25.8 Å². The number of carbonyl (C=O) groups is 3. The Bertz CT molecular complexity index is 721. The predicted octanol–water partition coefficient (Wildman–Crippen LogP) is 4.21. The first-order valence-electron chi connectivity index (χ1n) is 10.4. The molecule has 0 aromatic heterocycles. The van der Waals surface area contributed by atoms with Crippen molar-refractivity contribution in [3.05, 3.63) is 29.3 Å². The van der Waals surface area contributed by atoms with Gasteiger partial charge in [0.05, 0.1) is 5.92 Å². The molecule has 9 heteroatoms. The molecule has 2 atom stereocenters. The van der Waals surface area contributed by atoms with E-state index in [0.29, 0.717) is 17.2 Å². The van der Waals surface area contributed by atoms with Crippen LogP contribution >= 0.6 is 11.6 Å². The van der Waals surface area contributed by atoms with Gasteiger partial charge in [0.1, 0.15) is 11.8 Å². The normalized spacial score (nSPS) is 15.9. The van der Waals surface area contributed by atoms with Crippen LogP contribution in [0.1, 0.15) is 59.3 Å². The maximum atomic E-state index is 12.4. The summed E-state index contributed by atoms with van der Waals surface area (Å²) in [6.45, 7) is 5.31. The molecule has 1 saturated carbocycles. The standard InChI is InChI=1S/C22H30ClNO6.Na.H/c1-4-18(20(26)28-17-12-10-16(23)11-13-17)24-22(27)30-21(14(2)3)29-19(25)15-8-6-5-7-9-15;;/h10-15,18,21H,4-9H2,1-3H3,(H,24,27);;. The molecule has 0 saturated heterocycles. The maximum absolute atomic E-state index is 12.4. The van der Waals surface area contributed by atoms with Crippen LogP contribution in [0.4, 0.5) is 4.79 Å². The minimum absolute atomic E-state index is 0. The first-order valence-corrected chi connectivity index (χ1v) is 10.8. The van der Waals surface area contributed by atoms with Gasteiger partial charge in [-0.25, -0.2) is 9.59 Å². The number of hydrogen-bond acceptors (Lipinski definition) is 6. The number of hydrogen-bond donors (Lipinski definition) is 1. The van der Waals surface area contributed by atoms with Crippen LogP contribution in [0.25, 0.3) is 0 Å². The van der Waals surface area contributed by atoms with Crippen molar-refractivity contribution >= 4 is 59.2 Å². The molecule has 0 aliphatic heterocycles. The number of benzene rings is 1. The quantitative estimate of drug-likeness (QED) is 0.269. The third-order valence-corrected chi connectivity index (χ3v) is 5.21. The summed E-state index contributed by atoms with van der Waals surface area (Å²) in [5.41, 5.74) is 0. The van der Waals surface area contributed by atoms with Gasteiger partial charge < -0.3 is 19.5 Å². The topological polar surface area (TPSA) is 90.9 Å². The summed E-state index contributed by atoms with van der Waals surface area (Å²) in [5.74, 6) is -1.03. The molecule has 2 unspecified atom stereocenters. The molecule has 168 valence electrons. The second kappa shape index (κ2) is 14.0. The number of alkyl carbamates (subject to hydrolysis) is 1. The SMILES string of the molecule is CCC(NC(=O)OC(OC(=O)C1CCCCC1)C(C)C)C(=O)Oc1ccc(Cl)cc1.[NaH]. The number of amides is 1. The van der Waals surface area contributed by atoms with Crippen LogP contribution < -0.4 is 10.1 Å². The first kappa shape index (κ1) is 27.8. The van der Waals surface area contributed by atoms with E-state index in [1.54, 1.807) is 45.0 Å². The molecule has 2 rings (SSSR count). The van der Waals surface area contributed by atoms with Crippen molar-refractivity contribution in [3.8, 4) is 5.75 Å². The van der Waals surface area contributed by atoms with Crippen molar-refractivity contribution < 1.29 is 28.6 Å². The van der Waals surface area contributed by atoms with E-state index in [2.05, 4.69) is 5.32 Å². The summed E-state index contributed by atoms with van der Waals surface area (Å²) in [5, 5.41) is 3.00. The van der Waals surface area contributed by atoms with Crippen molar-refractivity contribution in [2.75, 3.05) is 0 Å². The van der Waals surface area contributed by atoms with Crippen molar-refractivity contribution in [2.24, 2.45) is 11.8 Å². The molecule has 7 nitrogen and oxygen atoms in total. The Morgan fingerprint density at radius 2 is 1.68 bits per heavy atom. The van der Waals surface area contributed by atoms with Gasteiger partial charge in [0.15, 0.2) is 0 Å². The van der Waals surface area contributed by atoms with Crippen LogP contribution in [0, 0.1) is 11.8 Å². The van der Waals surface area contributed by atoms with Gasteiger partial charge in [0.25, 0.3) is 6.29 Å². The molecular formula is C22H31ClNNaO6. The van der Waals surface area contributed by atoms with Crippen LogP contribution in [-0.2, 0) is 19.1 Å². The molecule has 1 aliphatic carbocycles. The Balaban J connectivity index is 0.00000480. The Morgan fingerprint density at radius 1 is 1.06 bits per heavy atom. The molecule has 0 heterocycles. The summed E-state index contributed by atoms with van der Waals surface area (Å²) in [7, 11) is 0. The van der Waals surface area contributed by atoms with Gasteiger partial charge in [-0.1, -0.05) is 51.6 Å². The van der Waals surface area contributed by atoms with Gasteiger partial charge in [-0.15, -0.1) is 0 Å². The fraction of sp³-hybridized carbons (Fsp3) is 0.591. The Morgan fingerprint density at radius 3 is 2.23 bits per heavy atom. The summed E-state index contributed by atoms with van der Waals surface area (Å²) >= 11 is 5.82.